The lowest BCUT2D eigenvalue weighted by Gasteiger charge is -2.02. The van der Waals surface area contributed by atoms with Crippen LogP contribution < -0.4 is 11.1 Å². The van der Waals surface area contributed by atoms with Crippen molar-refractivity contribution in [1.82, 2.24) is 15.1 Å². The predicted octanol–water partition coefficient (Wildman–Crippen LogP) is -1.82. The van der Waals surface area contributed by atoms with Crippen LogP contribution in [-0.2, 0) is 16.1 Å². The van der Waals surface area contributed by atoms with Crippen molar-refractivity contribution in [3.05, 3.63) is 18.0 Å². The van der Waals surface area contributed by atoms with Gasteiger partial charge in [0, 0.05) is 6.20 Å². The molecule has 8 nitrogen and oxygen atoms in total. The lowest BCUT2D eigenvalue weighted by atomic mass is 10.4. The molecule has 2 amide bonds. The molecule has 8 heteroatoms. The van der Waals surface area contributed by atoms with Gasteiger partial charge in [0.2, 0.25) is 11.8 Å². The number of aromatic nitrogens is 2. The molecular weight excluding hydrogens is 216 g/mol. The standard InChI is InChI=1S/C8H10N4O4/c9-6(13)3-10-7(14)4-12-2-1-5(11-12)8(15)16/h1-2H,3-4H2,(H2,9,13)(H,10,14)(H,15,16). The molecule has 1 aromatic heterocycles. The van der Waals surface area contributed by atoms with E-state index in [9.17, 15) is 14.4 Å². The fraction of sp³-hybridized carbons (Fsp3) is 0.250. The third-order valence-electron chi connectivity index (χ3n) is 1.63. The summed E-state index contributed by atoms with van der Waals surface area (Å²) < 4.78 is 1.15. The largest absolute Gasteiger partial charge is 0.476 e. The van der Waals surface area contributed by atoms with Gasteiger partial charge in [-0.15, -0.1) is 0 Å². The van der Waals surface area contributed by atoms with Crippen LogP contribution in [0.5, 0.6) is 0 Å². The van der Waals surface area contributed by atoms with Crippen LogP contribution in [0.3, 0.4) is 0 Å². The second kappa shape index (κ2) is 4.91. The van der Waals surface area contributed by atoms with Crippen LogP contribution in [0.25, 0.3) is 0 Å². The molecule has 0 spiro atoms. The van der Waals surface area contributed by atoms with Gasteiger partial charge in [0.1, 0.15) is 6.54 Å². The van der Waals surface area contributed by atoms with E-state index >= 15 is 0 Å². The molecule has 0 bridgehead atoms. The second-order valence-electron chi connectivity index (χ2n) is 2.95. The normalized spacial score (nSPS) is 9.75. The van der Waals surface area contributed by atoms with Crippen LogP contribution in [0.15, 0.2) is 12.3 Å². The maximum atomic E-state index is 11.2. The number of rotatable bonds is 5. The van der Waals surface area contributed by atoms with Gasteiger partial charge in [0.15, 0.2) is 5.69 Å². The molecule has 1 rings (SSSR count). The van der Waals surface area contributed by atoms with Crippen LogP contribution in [0.2, 0.25) is 0 Å². The molecule has 0 aliphatic heterocycles. The minimum Gasteiger partial charge on any atom is -0.476 e. The van der Waals surface area contributed by atoms with E-state index in [4.69, 9.17) is 10.8 Å². The van der Waals surface area contributed by atoms with Crippen molar-refractivity contribution in [2.24, 2.45) is 5.73 Å². The van der Waals surface area contributed by atoms with E-state index in [0.717, 1.165) is 4.68 Å². The van der Waals surface area contributed by atoms with Gasteiger partial charge in [-0.2, -0.15) is 5.10 Å². The van der Waals surface area contributed by atoms with Crippen LogP contribution in [-0.4, -0.2) is 39.2 Å². The maximum absolute atomic E-state index is 11.2. The first-order valence-electron chi connectivity index (χ1n) is 4.31. The Morgan fingerprint density at radius 1 is 1.50 bits per heavy atom. The zero-order chi connectivity index (χ0) is 12.1. The summed E-state index contributed by atoms with van der Waals surface area (Å²) in [6.45, 7) is -0.424. The second-order valence-corrected chi connectivity index (χ2v) is 2.95. The van der Waals surface area contributed by atoms with Crippen molar-refractivity contribution < 1.29 is 19.5 Å². The zero-order valence-corrected chi connectivity index (χ0v) is 8.21. The smallest absolute Gasteiger partial charge is 0.356 e. The number of hydrogen-bond acceptors (Lipinski definition) is 4. The first-order valence-corrected chi connectivity index (χ1v) is 4.31. The molecule has 0 atom stereocenters. The first kappa shape index (κ1) is 11.7. The van der Waals surface area contributed by atoms with Crippen LogP contribution in [0, 0.1) is 0 Å². The average molecular weight is 226 g/mol. The molecule has 0 aliphatic rings. The highest BCUT2D eigenvalue weighted by molar-refractivity contribution is 5.85. The Labute approximate surface area is 90.0 Å². The van der Waals surface area contributed by atoms with Crippen molar-refractivity contribution in [3.8, 4) is 0 Å². The van der Waals surface area contributed by atoms with Crippen molar-refractivity contribution in [2.75, 3.05) is 6.54 Å². The number of aromatic carboxylic acids is 1. The van der Waals surface area contributed by atoms with Gasteiger partial charge in [0.05, 0.1) is 6.54 Å². The summed E-state index contributed by atoms with van der Waals surface area (Å²) in [7, 11) is 0. The van der Waals surface area contributed by atoms with Crippen molar-refractivity contribution >= 4 is 17.8 Å². The molecule has 0 radical (unpaired) electrons. The quantitative estimate of drug-likeness (QED) is 0.544. The zero-order valence-electron chi connectivity index (χ0n) is 8.21. The molecule has 0 saturated carbocycles. The number of carbonyl (C=O) groups is 3. The van der Waals surface area contributed by atoms with Gasteiger partial charge in [-0.1, -0.05) is 0 Å². The molecule has 16 heavy (non-hydrogen) atoms. The Kier molecular flexibility index (Phi) is 3.59. The highest BCUT2D eigenvalue weighted by atomic mass is 16.4. The maximum Gasteiger partial charge on any atom is 0.356 e. The summed E-state index contributed by atoms with van der Waals surface area (Å²) in [5.74, 6) is -2.30. The molecule has 1 heterocycles. The molecule has 4 N–H and O–H groups in total. The molecule has 0 fully saturated rings. The van der Waals surface area contributed by atoms with E-state index in [1.807, 2.05) is 0 Å². The number of carboxylic acids is 1. The Hall–Kier alpha value is -2.38. The van der Waals surface area contributed by atoms with Gasteiger partial charge < -0.3 is 16.2 Å². The number of amides is 2. The van der Waals surface area contributed by atoms with Gasteiger partial charge in [-0.05, 0) is 6.07 Å². The highest BCUT2D eigenvalue weighted by Crippen LogP contribution is 1.94. The number of carboxylic acid groups (broad SMARTS) is 1. The molecule has 1 aromatic rings. The van der Waals surface area contributed by atoms with E-state index in [1.54, 1.807) is 0 Å². The third kappa shape index (κ3) is 3.40. The van der Waals surface area contributed by atoms with Gasteiger partial charge >= 0.3 is 5.97 Å². The number of carbonyl (C=O) groups excluding carboxylic acids is 2. The summed E-state index contributed by atoms with van der Waals surface area (Å²) in [6, 6.07) is 1.27. The summed E-state index contributed by atoms with van der Waals surface area (Å²) in [5, 5.41) is 14.4. The van der Waals surface area contributed by atoms with E-state index in [-0.39, 0.29) is 18.8 Å². The first-order chi connectivity index (χ1) is 7.49. The van der Waals surface area contributed by atoms with Crippen molar-refractivity contribution in [2.45, 2.75) is 6.54 Å². The SMILES string of the molecule is NC(=O)CNC(=O)Cn1ccc(C(=O)O)n1. The third-order valence-corrected chi connectivity index (χ3v) is 1.63. The lowest BCUT2D eigenvalue weighted by Crippen LogP contribution is -2.35. The minimum atomic E-state index is -1.17. The number of nitrogens with zero attached hydrogens (tertiary/aromatic N) is 2. The summed E-state index contributed by atoms with van der Waals surface area (Å²) in [5.41, 5.74) is 4.67. The number of primary amides is 1. The molecule has 86 valence electrons. The summed E-state index contributed by atoms with van der Waals surface area (Å²) in [6.07, 6.45) is 1.35. The number of nitrogens with two attached hydrogens (primary N) is 1. The molecule has 0 aromatic carbocycles. The number of hydrogen-bond donors (Lipinski definition) is 3. The highest BCUT2D eigenvalue weighted by Gasteiger charge is 2.09. The Balaban J connectivity index is 2.49. The molecule has 0 unspecified atom stereocenters. The van der Waals surface area contributed by atoms with Gasteiger partial charge in [-0.25, -0.2) is 4.79 Å². The van der Waals surface area contributed by atoms with E-state index in [0.29, 0.717) is 0 Å². The fourth-order valence-corrected chi connectivity index (χ4v) is 0.953. The van der Waals surface area contributed by atoms with Gasteiger partial charge in [0.25, 0.3) is 0 Å². The van der Waals surface area contributed by atoms with Crippen LogP contribution in [0.4, 0.5) is 0 Å². The Bertz CT molecular complexity index is 425. The summed E-state index contributed by atoms with van der Waals surface area (Å²) in [4.78, 5) is 32.0. The number of nitrogens with one attached hydrogen (secondary N) is 1. The average Bonchev–Trinajstić information content (AvgIpc) is 2.63. The van der Waals surface area contributed by atoms with Crippen molar-refractivity contribution in [3.63, 3.8) is 0 Å². The topological polar surface area (TPSA) is 127 Å². The molecule has 0 saturated heterocycles. The monoisotopic (exact) mass is 226 g/mol. The summed E-state index contributed by atoms with van der Waals surface area (Å²) >= 11 is 0. The van der Waals surface area contributed by atoms with E-state index < -0.39 is 17.8 Å². The fourth-order valence-electron chi connectivity index (χ4n) is 0.953. The van der Waals surface area contributed by atoms with Crippen LogP contribution >= 0.6 is 0 Å². The van der Waals surface area contributed by atoms with E-state index in [2.05, 4.69) is 10.4 Å². The molecular formula is C8H10N4O4. The van der Waals surface area contributed by atoms with Crippen molar-refractivity contribution in [1.29, 1.82) is 0 Å². The van der Waals surface area contributed by atoms with Gasteiger partial charge in [-0.3, -0.25) is 14.3 Å². The Morgan fingerprint density at radius 3 is 2.69 bits per heavy atom. The minimum absolute atomic E-state index is 0.150. The van der Waals surface area contributed by atoms with Crippen LogP contribution in [0.1, 0.15) is 10.5 Å². The molecule has 0 aliphatic carbocycles. The van der Waals surface area contributed by atoms with E-state index in [1.165, 1.54) is 12.3 Å². The lowest BCUT2D eigenvalue weighted by molar-refractivity contribution is -0.125. The predicted molar refractivity (Wildman–Crippen MR) is 51.4 cm³/mol. The Morgan fingerprint density at radius 2 is 2.19 bits per heavy atom.